The molecule has 2 nitrogen and oxygen atoms in total. The van der Waals surface area contributed by atoms with Crippen LogP contribution in [0.15, 0.2) is 24.3 Å². The highest BCUT2D eigenvalue weighted by molar-refractivity contribution is 8.76. The Kier molecular flexibility index (Phi) is 5.71. The van der Waals surface area contributed by atoms with Crippen molar-refractivity contribution in [2.75, 3.05) is 29.1 Å². The number of rotatable bonds is 6. The zero-order valence-corrected chi connectivity index (χ0v) is 9.96. The van der Waals surface area contributed by atoms with Gasteiger partial charge in [-0.15, -0.1) is 0 Å². The summed E-state index contributed by atoms with van der Waals surface area (Å²) in [5.74, 6) is 2.27. The lowest BCUT2D eigenvalue weighted by Gasteiger charge is -2.07. The molecular weight excluding hydrogens is 212 g/mol. The van der Waals surface area contributed by atoms with E-state index < -0.39 is 0 Å². The Morgan fingerprint density at radius 2 is 2.07 bits per heavy atom. The zero-order chi connectivity index (χ0) is 10.2. The van der Waals surface area contributed by atoms with Gasteiger partial charge in [0.1, 0.15) is 0 Å². The zero-order valence-electron chi connectivity index (χ0n) is 8.32. The van der Waals surface area contributed by atoms with Gasteiger partial charge in [-0.1, -0.05) is 40.6 Å². The van der Waals surface area contributed by atoms with Crippen LogP contribution in [0, 0.1) is 0 Å². The number of hydrogen-bond donors (Lipinski definition) is 2. The van der Waals surface area contributed by atoms with Crippen LogP contribution in [0.3, 0.4) is 0 Å². The standard InChI is InChI=1S/C10H16N2S2/c1-2-13-14-8-7-12-10-6-4-3-5-9(10)11/h3-6,12H,2,7-8,11H2,1H3. The van der Waals surface area contributed by atoms with E-state index in [0.29, 0.717) is 0 Å². The molecule has 0 aromatic heterocycles. The largest absolute Gasteiger partial charge is 0.397 e. The second-order valence-corrected chi connectivity index (χ2v) is 5.61. The molecule has 0 saturated heterocycles. The predicted octanol–water partition coefficient (Wildman–Crippen LogP) is 3.08. The van der Waals surface area contributed by atoms with Crippen molar-refractivity contribution in [2.45, 2.75) is 6.92 Å². The summed E-state index contributed by atoms with van der Waals surface area (Å²) in [6, 6.07) is 7.86. The number of hydrogen-bond acceptors (Lipinski definition) is 4. The van der Waals surface area contributed by atoms with Crippen molar-refractivity contribution < 1.29 is 0 Å². The van der Waals surface area contributed by atoms with Crippen molar-refractivity contribution in [3.05, 3.63) is 24.3 Å². The van der Waals surface area contributed by atoms with Gasteiger partial charge in [0.2, 0.25) is 0 Å². The smallest absolute Gasteiger partial charge is 0.0574 e. The van der Waals surface area contributed by atoms with Crippen molar-refractivity contribution in [3.63, 3.8) is 0 Å². The maximum absolute atomic E-state index is 5.79. The lowest BCUT2D eigenvalue weighted by atomic mass is 10.3. The first-order valence-corrected chi connectivity index (χ1v) is 7.16. The summed E-state index contributed by atoms with van der Waals surface area (Å²) in [5.41, 5.74) is 7.64. The van der Waals surface area contributed by atoms with Gasteiger partial charge in [-0.25, -0.2) is 0 Å². The second-order valence-electron chi connectivity index (χ2n) is 2.74. The van der Waals surface area contributed by atoms with Crippen molar-refractivity contribution in [2.24, 2.45) is 0 Å². The van der Waals surface area contributed by atoms with E-state index in [2.05, 4.69) is 12.2 Å². The van der Waals surface area contributed by atoms with E-state index >= 15 is 0 Å². The Balaban J connectivity index is 2.21. The van der Waals surface area contributed by atoms with E-state index in [1.54, 1.807) is 0 Å². The van der Waals surface area contributed by atoms with Crippen LogP contribution in [-0.2, 0) is 0 Å². The lowest BCUT2D eigenvalue weighted by molar-refractivity contribution is 1.23. The molecule has 1 rings (SSSR count). The molecule has 0 saturated carbocycles. The van der Waals surface area contributed by atoms with Gasteiger partial charge in [0, 0.05) is 18.1 Å². The summed E-state index contributed by atoms with van der Waals surface area (Å²) < 4.78 is 0. The summed E-state index contributed by atoms with van der Waals surface area (Å²) in [5, 5.41) is 3.31. The maximum atomic E-state index is 5.79. The van der Waals surface area contributed by atoms with E-state index in [0.717, 1.165) is 29.4 Å². The molecule has 0 spiro atoms. The molecule has 0 aliphatic carbocycles. The predicted molar refractivity (Wildman–Crippen MR) is 69.9 cm³/mol. The minimum atomic E-state index is 0.820. The Labute approximate surface area is 93.4 Å². The fourth-order valence-corrected chi connectivity index (χ4v) is 2.60. The normalized spacial score (nSPS) is 10.1. The molecular formula is C10H16N2S2. The molecule has 0 aliphatic heterocycles. The van der Waals surface area contributed by atoms with Crippen LogP contribution in [0.25, 0.3) is 0 Å². The number of nitrogens with two attached hydrogens (primary N) is 1. The summed E-state index contributed by atoms with van der Waals surface area (Å²) in [6.45, 7) is 3.13. The molecule has 3 N–H and O–H groups in total. The molecule has 0 heterocycles. The van der Waals surface area contributed by atoms with E-state index in [-0.39, 0.29) is 0 Å². The third-order valence-corrected chi connectivity index (χ3v) is 4.14. The number of anilines is 2. The van der Waals surface area contributed by atoms with Crippen LogP contribution in [0.4, 0.5) is 11.4 Å². The second kappa shape index (κ2) is 6.90. The molecule has 0 aliphatic rings. The summed E-state index contributed by atoms with van der Waals surface area (Å²) in [4.78, 5) is 0. The van der Waals surface area contributed by atoms with E-state index in [1.807, 2.05) is 45.9 Å². The van der Waals surface area contributed by atoms with Crippen LogP contribution in [0.2, 0.25) is 0 Å². The van der Waals surface area contributed by atoms with Gasteiger partial charge in [0.25, 0.3) is 0 Å². The van der Waals surface area contributed by atoms with Gasteiger partial charge in [-0.3, -0.25) is 0 Å². The van der Waals surface area contributed by atoms with Crippen LogP contribution >= 0.6 is 21.6 Å². The lowest BCUT2D eigenvalue weighted by Crippen LogP contribution is -2.05. The molecule has 4 heteroatoms. The first-order chi connectivity index (χ1) is 6.84. The molecule has 1 aromatic rings. The SMILES string of the molecule is CCSSCCNc1ccccc1N. The molecule has 0 amide bonds. The van der Waals surface area contributed by atoms with Crippen LogP contribution in [-0.4, -0.2) is 18.1 Å². The molecule has 0 radical (unpaired) electrons. The molecule has 14 heavy (non-hydrogen) atoms. The van der Waals surface area contributed by atoms with E-state index in [4.69, 9.17) is 5.73 Å². The van der Waals surface area contributed by atoms with Gasteiger partial charge in [0.05, 0.1) is 11.4 Å². The van der Waals surface area contributed by atoms with Gasteiger partial charge < -0.3 is 11.1 Å². The van der Waals surface area contributed by atoms with Crippen LogP contribution in [0.1, 0.15) is 6.92 Å². The Morgan fingerprint density at radius 1 is 1.29 bits per heavy atom. The van der Waals surface area contributed by atoms with Crippen LogP contribution in [0.5, 0.6) is 0 Å². The third-order valence-electron chi connectivity index (χ3n) is 1.66. The number of nitrogens with one attached hydrogen (secondary N) is 1. The highest BCUT2D eigenvalue weighted by atomic mass is 33.1. The molecule has 78 valence electrons. The summed E-state index contributed by atoms with van der Waals surface area (Å²) in [6.07, 6.45) is 0. The molecule has 0 bridgehead atoms. The van der Waals surface area contributed by atoms with Crippen molar-refractivity contribution in [1.82, 2.24) is 0 Å². The minimum Gasteiger partial charge on any atom is -0.397 e. The van der Waals surface area contributed by atoms with Gasteiger partial charge in [-0.05, 0) is 12.1 Å². The average Bonchev–Trinajstić information content (AvgIpc) is 2.20. The first-order valence-electron chi connectivity index (χ1n) is 4.67. The average molecular weight is 228 g/mol. The number of benzene rings is 1. The summed E-state index contributed by atoms with van der Waals surface area (Å²) in [7, 11) is 3.78. The number of para-hydroxylation sites is 2. The van der Waals surface area contributed by atoms with Gasteiger partial charge in [-0.2, -0.15) is 0 Å². The van der Waals surface area contributed by atoms with Gasteiger partial charge >= 0.3 is 0 Å². The quantitative estimate of drug-likeness (QED) is 0.446. The van der Waals surface area contributed by atoms with Crippen molar-refractivity contribution >= 4 is 33.0 Å². The van der Waals surface area contributed by atoms with E-state index in [1.165, 1.54) is 0 Å². The monoisotopic (exact) mass is 228 g/mol. The highest BCUT2D eigenvalue weighted by Crippen LogP contribution is 2.21. The molecule has 0 fully saturated rings. The number of nitrogen functional groups attached to an aromatic ring is 1. The molecule has 1 aromatic carbocycles. The highest BCUT2D eigenvalue weighted by Gasteiger charge is 1.95. The fourth-order valence-electron chi connectivity index (χ4n) is 1.03. The van der Waals surface area contributed by atoms with Crippen molar-refractivity contribution in [3.8, 4) is 0 Å². The van der Waals surface area contributed by atoms with Gasteiger partial charge in [0.15, 0.2) is 0 Å². The first kappa shape index (κ1) is 11.6. The van der Waals surface area contributed by atoms with Crippen molar-refractivity contribution in [1.29, 1.82) is 0 Å². The molecule has 0 unspecified atom stereocenters. The Morgan fingerprint density at radius 3 is 2.79 bits per heavy atom. The summed E-state index contributed by atoms with van der Waals surface area (Å²) >= 11 is 0. The Bertz CT molecular complexity index is 266. The van der Waals surface area contributed by atoms with E-state index in [9.17, 15) is 0 Å². The van der Waals surface area contributed by atoms with Crippen LogP contribution < -0.4 is 11.1 Å². The fraction of sp³-hybridized carbons (Fsp3) is 0.400. The minimum absolute atomic E-state index is 0.820. The maximum Gasteiger partial charge on any atom is 0.0574 e. The molecule has 0 atom stereocenters. The topological polar surface area (TPSA) is 38.0 Å². The Hall–Kier alpha value is -0.480. The third kappa shape index (κ3) is 4.15.